The van der Waals surface area contributed by atoms with Crippen molar-refractivity contribution < 1.29 is 9.90 Å². The highest BCUT2D eigenvalue weighted by Crippen LogP contribution is 2.12. The van der Waals surface area contributed by atoms with E-state index in [9.17, 15) is 4.79 Å². The van der Waals surface area contributed by atoms with Crippen molar-refractivity contribution in [2.24, 2.45) is 0 Å². The number of carbonyl (C=O) groups is 1. The Morgan fingerprint density at radius 2 is 2.44 bits per heavy atom. The van der Waals surface area contributed by atoms with E-state index in [0.717, 1.165) is 18.5 Å². The third-order valence-electron chi connectivity index (χ3n) is 1.13. The highest BCUT2D eigenvalue weighted by molar-refractivity contribution is 5.63. The van der Waals surface area contributed by atoms with Crippen LogP contribution in [0.1, 0.15) is 12.8 Å². The molecule has 1 aliphatic rings. The van der Waals surface area contributed by atoms with Gasteiger partial charge in [-0.3, -0.25) is 0 Å². The SMILES string of the molecule is O=C(O)NNC1=CCC1. The Morgan fingerprint density at radius 3 is 2.78 bits per heavy atom. The van der Waals surface area contributed by atoms with Crippen LogP contribution in [0.25, 0.3) is 0 Å². The summed E-state index contributed by atoms with van der Waals surface area (Å²) in [6, 6.07) is 0. The maximum atomic E-state index is 9.84. The standard InChI is InChI=1S/C5H8N2O2/c8-5(9)7-6-4-2-1-3-4/h2,6-7H,1,3H2,(H,8,9). The summed E-state index contributed by atoms with van der Waals surface area (Å²) in [5.41, 5.74) is 5.53. The summed E-state index contributed by atoms with van der Waals surface area (Å²) in [5.74, 6) is 0. The molecule has 0 saturated heterocycles. The molecule has 4 heteroatoms. The molecule has 9 heavy (non-hydrogen) atoms. The van der Waals surface area contributed by atoms with Crippen LogP contribution in [0.5, 0.6) is 0 Å². The molecule has 0 unspecified atom stereocenters. The van der Waals surface area contributed by atoms with Gasteiger partial charge >= 0.3 is 6.09 Å². The van der Waals surface area contributed by atoms with Crippen LogP contribution in [0.4, 0.5) is 4.79 Å². The summed E-state index contributed by atoms with van der Waals surface area (Å²) >= 11 is 0. The van der Waals surface area contributed by atoms with Gasteiger partial charge in [0.2, 0.25) is 0 Å². The van der Waals surface area contributed by atoms with E-state index in [0.29, 0.717) is 0 Å². The van der Waals surface area contributed by atoms with Crippen LogP contribution < -0.4 is 10.9 Å². The fraction of sp³-hybridized carbons (Fsp3) is 0.400. The Morgan fingerprint density at radius 1 is 1.78 bits per heavy atom. The number of allylic oxidation sites excluding steroid dienone is 2. The molecule has 0 atom stereocenters. The molecule has 0 aromatic heterocycles. The number of hydrogen-bond acceptors (Lipinski definition) is 2. The number of amides is 1. The first kappa shape index (κ1) is 5.94. The zero-order chi connectivity index (χ0) is 6.69. The van der Waals surface area contributed by atoms with E-state index in [-0.39, 0.29) is 0 Å². The molecule has 0 radical (unpaired) electrons. The van der Waals surface area contributed by atoms with Crippen LogP contribution in [0, 0.1) is 0 Å². The average molecular weight is 128 g/mol. The number of hydrogen-bond donors (Lipinski definition) is 3. The Labute approximate surface area is 52.5 Å². The normalized spacial score (nSPS) is 15.3. The van der Waals surface area contributed by atoms with Crippen LogP contribution >= 0.6 is 0 Å². The lowest BCUT2D eigenvalue weighted by atomic mass is 10.1. The third-order valence-corrected chi connectivity index (χ3v) is 1.13. The minimum absolute atomic E-state index is 0.945. The molecule has 1 aliphatic carbocycles. The maximum Gasteiger partial charge on any atom is 0.423 e. The second kappa shape index (κ2) is 2.39. The van der Waals surface area contributed by atoms with Crippen LogP contribution in [0.3, 0.4) is 0 Å². The van der Waals surface area contributed by atoms with Crippen molar-refractivity contribution in [2.45, 2.75) is 12.8 Å². The number of nitrogens with one attached hydrogen (secondary N) is 2. The van der Waals surface area contributed by atoms with Gasteiger partial charge in [0, 0.05) is 5.70 Å². The quantitative estimate of drug-likeness (QED) is 0.473. The van der Waals surface area contributed by atoms with E-state index in [2.05, 4.69) is 5.43 Å². The number of carboxylic acid groups (broad SMARTS) is 1. The van der Waals surface area contributed by atoms with Crippen molar-refractivity contribution in [2.75, 3.05) is 0 Å². The fourth-order valence-corrected chi connectivity index (χ4v) is 0.536. The van der Waals surface area contributed by atoms with Crippen molar-refractivity contribution in [3.8, 4) is 0 Å². The summed E-state index contributed by atoms with van der Waals surface area (Å²) in [6.45, 7) is 0. The van der Waals surface area contributed by atoms with Crippen LogP contribution in [0.15, 0.2) is 11.8 Å². The second-order valence-corrected chi connectivity index (χ2v) is 1.82. The van der Waals surface area contributed by atoms with Gasteiger partial charge in [-0.1, -0.05) is 6.08 Å². The Kier molecular flexibility index (Phi) is 1.58. The molecule has 0 fully saturated rings. The van der Waals surface area contributed by atoms with Gasteiger partial charge in [-0.2, -0.15) is 0 Å². The topological polar surface area (TPSA) is 61.4 Å². The minimum atomic E-state index is -1.05. The molecule has 1 amide bonds. The summed E-state index contributed by atoms with van der Waals surface area (Å²) in [4.78, 5) is 9.84. The van der Waals surface area contributed by atoms with E-state index in [4.69, 9.17) is 5.11 Å². The lowest BCUT2D eigenvalue weighted by Gasteiger charge is -2.15. The van der Waals surface area contributed by atoms with E-state index >= 15 is 0 Å². The first-order valence-corrected chi connectivity index (χ1v) is 2.73. The van der Waals surface area contributed by atoms with E-state index in [1.807, 2.05) is 11.5 Å². The predicted molar refractivity (Wildman–Crippen MR) is 31.6 cm³/mol. The fourth-order valence-electron chi connectivity index (χ4n) is 0.536. The molecule has 0 aliphatic heterocycles. The molecule has 50 valence electrons. The largest absolute Gasteiger partial charge is 0.464 e. The van der Waals surface area contributed by atoms with Gasteiger partial charge in [-0.15, -0.1) is 0 Å². The summed E-state index contributed by atoms with van der Waals surface area (Å²) in [5, 5.41) is 8.08. The first-order chi connectivity index (χ1) is 4.29. The molecule has 3 N–H and O–H groups in total. The highest BCUT2D eigenvalue weighted by atomic mass is 16.4. The Bertz CT molecular complexity index is 153. The van der Waals surface area contributed by atoms with E-state index in [1.54, 1.807) is 0 Å². The molecule has 0 bridgehead atoms. The first-order valence-electron chi connectivity index (χ1n) is 2.73. The highest BCUT2D eigenvalue weighted by Gasteiger charge is 2.04. The molecular formula is C5H8N2O2. The van der Waals surface area contributed by atoms with Gasteiger partial charge in [0.1, 0.15) is 0 Å². The van der Waals surface area contributed by atoms with Gasteiger partial charge in [0.15, 0.2) is 0 Å². The number of hydrazine groups is 1. The van der Waals surface area contributed by atoms with Gasteiger partial charge < -0.3 is 10.5 Å². The van der Waals surface area contributed by atoms with Crippen LogP contribution in [0.2, 0.25) is 0 Å². The summed E-state index contributed by atoms with van der Waals surface area (Å²) in [7, 11) is 0. The van der Waals surface area contributed by atoms with Crippen molar-refractivity contribution in [1.29, 1.82) is 0 Å². The summed E-state index contributed by atoms with van der Waals surface area (Å²) in [6.07, 6.45) is 2.88. The van der Waals surface area contributed by atoms with Gasteiger partial charge in [-0.25, -0.2) is 10.2 Å². The Hall–Kier alpha value is -1.19. The lowest BCUT2D eigenvalue weighted by molar-refractivity contribution is 0.190. The molecular weight excluding hydrogens is 120 g/mol. The Balaban J connectivity index is 2.12. The molecule has 0 aromatic rings. The second-order valence-electron chi connectivity index (χ2n) is 1.82. The zero-order valence-corrected chi connectivity index (χ0v) is 4.85. The lowest BCUT2D eigenvalue weighted by Crippen LogP contribution is -2.36. The average Bonchev–Trinajstić information content (AvgIpc) is 1.60. The van der Waals surface area contributed by atoms with E-state index < -0.39 is 6.09 Å². The third kappa shape index (κ3) is 1.64. The van der Waals surface area contributed by atoms with Crippen LogP contribution in [-0.4, -0.2) is 11.2 Å². The van der Waals surface area contributed by atoms with Gasteiger partial charge in [0.25, 0.3) is 0 Å². The summed E-state index contributed by atoms with van der Waals surface area (Å²) < 4.78 is 0. The van der Waals surface area contributed by atoms with Crippen molar-refractivity contribution >= 4 is 6.09 Å². The van der Waals surface area contributed by atoms with Crippen LogP contribution in [-0.2, 0) is 0 Å². The van der Waals surface area contributed by atoms with Crippen molar-refractivity contribution in [1.82, 2.24) is 10.9 Å². The zero-order valence-electron chi connectivity index (χ0n) is 4.85. The smallest absolute Gasteiger partial charge is 0.423 e. The minimum Gasteiger partial charge on any atom is -0.464 e. The van der Waals surface area contributed by atoms with E-state index in [1.165, 1.54) is 0 Å². The van der Waals surface area contributed by atoms with Gasteiger partial charge in [0.05, 0.1) is 0 Å². The molecule has 0 saturated carbocycles. The molecule has 4 nitrogen and oxygen atoms in total. The molecule has 0 spiro atoms. The van der Waals surface area contributed by atoms with Gasteiger partial charge in [-0.05, 0) is 12.8 Å². The monoisotopic (exact) mass is 128 g/mol. The van der Waals surface area contributed by atoms with Crippen molar-refractivity contribution in [3.05, 3.63) is 11.8 Å². The predicted octanol–water partition coefficient (Wildman–Crippen LogP) is 0.436. The molecule has 0 heterocycles. The number of rotatable bonds is 2. The molecule has 1 rings (SSSR count). The van der Waals surface area contributed by atoms with Crippen molar-refractivity contribution in [3.63, 3.8) is 0 Å². The maximum absolute atomic E-state index is 9.84. The molecule has 0 aromatic carbocycles.